The smallest absolute Gasteiger partial charge is 0.0466 e. The van der Waals surface area contributed by atoms with Crippen LogP contribution in [0.1, 0.15) is 38.3 Å². The molecule has 0 saturated carbocycles. The maximum absolute atomic E-state index is 10.9. The summed E-state index contributed by atoms with van der Waals surface area (Å²) in [4.78, 5) is 3.91. The molecule has 0 aromatic carbocycles. The molecule has 0 spiro atoms. The molecule has 1 aliphatic rings. The minimum Gasteiger partial charge on any atom is -0.760 e. The molecule has 2 rings (SSSR count). The molecule has 0 aliphatic carbocycles. The molecular weight excluding hydrogens is 224 g/mol. The van der Waals surface area contributed by atoms with Crippen LogP contribution in [0.3, 0.4) is 0 Å². The van der Waals surface area contributed by atoms with Gasteiger partial charge in [0.25, 0.3) is 0 Å². The minimum absolute atomic E-state index is 0.0105. The zero-order chi connectivity index (χ0) is 12.0. The van der Waals surface area contributed by atoms with Crippen LogP contribution in [-0.2, 0) is 11.3 Å². The first-order valence-corrected chi connectivity index (χ1v) is 6.58. The van der Waals surface area contributed by atoms with Crippen LogP contribution < -0.4 is 0 Å². The van der Waals surface area contributed by atoms with Crippen molar-refractivity contribution in [3.63, 3.8) is 0 Å². The van der Waals surface area contributed by atoms with E-state index in [4.69, 9.17) is 0 Å². The van der Waals surface area contributed by atoms with Crippen molar-refractivity contribution in [2.24, 2.45) is 0 Å². The Bertz CT molecular complexity index is 332. The van der Waals surface area contributed by atoms with Crippen molar-refractivity contribution in [2.45, 2.75) is 32.7 Å². The third-order valence-electron chi connectivity index (χ3n) is 2.49. The predicted molar refractivity (Wildman–Crippen MR) is 63.2 cm³/mol. The van der Waals surface area contributed by atoms with Gasteiger partial charge in [-0.3, -0.25) is 9.19 Å². The van der Waals surface area contributed by atoms with Crippen molar-refractivity contribution < 1.29 is 8.76 Å². The van der Waals surface area contributed by atoms with Gasteiger partial charge in [0.15, 0.2) is 0 Å². The zero-order valence-corrected chi connectivity index (χ0v) is 10.4. The molecule has 5 heteroatoms. The molecule has 2 heterocycles. The highest BCUT2D eigenvalue weighted by Gasteiger charge is 2.26. The van der Waals surface area contributed by atoms with Crippen LogP contribution in [0.25, 0.3) is 0 Å². The van der Waals surface area contributed by atoms with Crippen LogP contribution in [0.2, 0.25) is 0 Å². The molecule has 90 valence electrons. The van der Waals surface area contributed by atoms with Crippen molar-refractivity contribution in [2.75, 3.05) is 6.54 Å². The quantitative estimate of drug-likeness (QED) is 0.744. The number of aromatic nitrogens is 1. The van der Waals surface area contributed by atoms with E-state index in [0.29, 0.717) is 6.54 Å². The van der Waals surface area contributed by atoms with Gasteiger partial charge in [-0.25, -0.2) is 4.31 Å². The Balaban J connectivity index is 0.000000606. The number of nitrogens with zero attached hydrogens (tertiary/aromatic N) is 2. The maximum Gasteiger partial charge on any atom is 0.0466 e. The van der Waals surface area contributed by atoms with E-state index < -0.39 is 11.3 Å². The van der Waals surface area contributed by atoms with Gasteiger partial charge < -0.3 is 4.55 Å². The van der Waals surface area contributed by atoms with E-state index in [-0.39, 0.29) is 6.04 Å². The van der Waals surface area contributed by atoms with E-state index in [1.165, 1.54) is 4.31 Å². The average Bonchev–Trinajstić information content (AvgIpc) is 2.82. The second kappa shape index (κ2) is 6.73. The van der Waals surface area contributed by atoms with Gasteiger partial charge in [-0.1, -0.05) is 13.8 Å². The van der Waals surface area contributed by atoms with Crippen LogP contribution in [-0.4, -0.2) is 24.6 Å². The first-order valence-electron chi connectivity index (χ1n) is 5.55. The summed E-state index contributed by atoms with van der Waals surface area (Å²) in [6, 6.07) is 3.75. The lowest BCUT2D eigenvalue weighted by Crippen LogP contribution is -2.25. The summed E-state index contributed by atoms with van der Waals surface area (Å²) in [7, 11) is 0. The number of hydrogen-bond acceptors (Lipinski definition) is 3. The fraction of sp³-hybridized carbons (Fsp3) is 0.545. The fourth-order valence-corrected chi connectivity index (χ4v) is 2.55. The van der Waals surface area contributed by atoms with Crippen molar-refractivity contribution in [3.05, 3.63) is 30.1 Å². The first-order chi connectivity index (χ1) is 7.79. The lowest BCUT2D eigenvalue weighted by Gasteiger charge is -2.25. The highest BCUT2D eigenvalue weighted by Crippen LogP contribution is 2.31. The molecule has 2 unspecified atom stereocenters. The molecule has 2 atom stereocenters. The van der Waals surface area contributed by atoms with Crippen LogP contribution in [0.5, 0.6) is 0 Å². The lowest BCUT2D eigenvalue weighted by atomic mass is 10.1. The van der Waals surface area contributed by atoms with Gasteiger partial charge >= 0.3 is 0 Å². The summed E-state index contributed by atoms with van der Waals surface area (Å²) >= 11 is -2.11. The maximum atomic E-state index is 10.9. The Kier molecular flexibility index (Phi) is 5.59. The van der Waals surface area contributed by atoms with E-state index in [9.17, 15) is 8.76 Å². The number of pyridine rings is 1. The van der Waals surface area contributed by atoms with Gasteiger partial charge in [-0.05, 0) is 30.5 Å². The van der Waals surface area contributed by atoms with E-state index >= 15 is 0 Å². The standard InChI is InChI=1S/C9H12N2O2S.C2H6/c12-14(13)11-7-1-2-9(11)8-3-5-10-6-4-8;1-2/h3-6,9H,1-2,7H2,(H,12,13);1-2H3/p-1. The van der Waals surface area contributed by atoms with Crippen LogP contribution >= 0.6 is 0 Å². The first kappa shape index (κ1) is 13.3. The molecule has 1 aromatic heterocycles. The monoisotopic (exact) mass is 241 g/mol. The Hall–Kier alpha value is -0.780. The summed E-state index contributed by atoms with van der Waals surface area (Å²) in [6.07, 6.45) is 5.22. The summed E-state index contributed by atoms with van der Waals surface area (Å²) in [6.45, 7) is 4.63. The normalized spacial score (nSPS) is 22.3. The van der Waals surface area contributed by atoms with E-state index in [0.717, 1.165) is 18.4 Å². The summed E-state index contributed by atoms with van der Waals surface area (Å²) < 4.78 is 23.3. The third-order valence-corrected chi connectivity index (χ3v) is 3.31. The van der Waals surface area contributed by atoms with Gasteiger partial charge in [0.2, 0.25) is 0 Å². The molecule has 1 aliphatic heterocycles. The Morgan fingerprint density at radius 1 is 1.44 bits per heavy atom. The van der Waals surface area contributed by atoms with Crippen LogP contribution in [0.15, 0.2) is 24.5 Å². The second-order valence-electron chi connectivity index (χ2n) is 3.30. The highest BCUT2D eigenvalue weighted by molar-refractivity contribution is 7.76. The molecule has 0 bridgehead atoms. The Morgan fingerprint density at radius 2 is 2.06 bits per heavy atom. The number of rotatable bonds is 2. The van der Waals surface area contributed by atoms with Crippen molar-refractivity contribution in [1.29, 1.82) is 0 Å². The highest BCUT2D eigenvalue weighted by atomic mass is 32.2. The van der Waals surface area contributed by atoms with E-state index in [1.54, 1.807) is 12.4 Å². The Labute approximate surface area is 99.1 Å². The van der Waals surface area contributed by atoms with Crippen molar-refractivity contribution >= 4 is 11.3 Å². The average molecular weight is 241 g/mol. The summed E-state index contributed by atoms with van der Waals surface area (Å²) in [5.74, 6) is 0. The molecule has 1 fully saturated rings. The summed E-state index contributed by atoms with van der Waals surface area (Å²) in [5, 5.41) is 0. The topological polar surface area (TPSA) is 56.3 Å². The second-order valence-corrected chi connectivity index (χ2v) is 4.20. The van der Waals surface area contributed by atoms with Crippen LogP contribution in [0, 0.1) is 0 Å². The molecule has 1 saturated heterocycles. The van der Waals surface area contributed by atoms with Gasteiger partial charge in [0.1, 0.15) is 0 Å². The Morgan fingerprint density at radius 3 is 2.62 bits per heavy atom. The third kappa shape index (κ3) is 3.10. The minimum atomic E-state index is -2.11. The van der Waals surface area contributed by atoms with Crippen molar-refractivity contribution in [1.82, 2.24) is 9.29 Å². The molecule has 0 radical (unpaired) electrons. The predicted octanol–water partition coefficient (Wildman–Crippen LogP) is 2.04. The van der Waals surface area contributed by atoms with Crippen LogP contribution in [0.4, 0.5) is 0 Å². The molecule has 16 heavy (non-hydrogen) atoms. The number of hydrogen-bond donors (Lipinski definition) is 0. The van der Waals surface area contributed by atoms with Gasteiger partial charge in [-0.2, -0.15) is 0 Å². The molecule has 0 amide bonds. The molecule has 1 aromatic rings. The fourth-order valence-electron chi connectivity index (χ4n) is 1.84. The molecule has 0 N–H and O–H groups in total. The largest absolute Gasteiger partial charge is 0.760 e. The zero-order valence-electron chi connectivity index (χ0n) is 9.63. The van der Waals surface area contributed by atoms with Gasteiger partial charge in [0, 0.05) is 36.2 Å². The van der Waals surface area contributed by atoms with Gasteiger partial charge in [0.05, 0.1) is 0 Å². The molecular formula is C11H17N2O2S-. The lowest BCUT2D eigenvalue weighted by molar-refractivity contribution is 0.375. The van der Waals surface area contributed by atoms with Gasteiger partial charge in [-0.15, -0.1) is 0 Å². The van der Waals surface area contributed by atoms with E-state index in [2.05, 4.69) is 4.98 Å². The van der Waals surface area contributed by atoms with E-state index in [1.807, 2.05) is 26.0 Å². The SMILES string of the molecule is CC.O=S([O-])N1CCCC1c1ccncc1. The summed E-state index contributed by atoms with van der Waals surface area (Å²) in [5.41, 5.74) is 1.03. The molecule has 4 nitrogen and oxygen atoms in total. The van der Waals surface area contributed by atoms with Crippen molar-refractivity contribution in [3.8, 4) is 0 Å².